The second-order valence-electron chi connectivity index (χ2n) is 2.71. The van der Waals surface area contributed by atoms with Gasteiger partial charge in [0.2, 0.25) is 5.88 Å². The van der Waals surface area contributed by atoms with E-state index in [9.17, 15) is 0 Å². The van der Waals surface area contributed by atoms with Crippen LogP contribution in [-0.4, -0.2) is 25.7 Å². The number of hydrogen-bond acceptors (Lipinski definition) is 4. The number of aromatic nitrogens is 1. The quantitative estimate of drug-likeness (QED) is 0.779. The summed E-state index contributed by atoms with van der Waals surface area (Å²) in [5.74, 6) is 1.16. The van der Waals surface area contributed by atoms with Crippen LogP contribution in [0, 0.1) is 0 Å². The Balaban J connectivity index is 3.25. The minimum atomic E-state index is 0.346. The molecule has 0 saturated carbocycles. The fourth-order valence-electron chi connectivity index (χ4n) is 1.18. The van der Waals surface area contributed by atoms with Crippen molar-refractivity contribution in [1.29, 1.82) is 0 Å². The maximum absolute atomic E-state index is 5.51. The van der Waals surface area contributed by atoms with Gasteiger partial charge < -0.3 is 15.2 Å². The topological polar surface area (TPSA) is 57.4 Å². The van der Waals surface area contributed by atoms with Crippen LogP contribution in [0.4, 0.5) is 0 Å². The van der Waals surface area contributed by atoms with Crippen LogP contribution in [0.2, 0.25) is 0 Å². The molecule has 1 rings (SSSR count). The van der Waals surface area contributed by atoms with E-state index < -0.39 is 0 Å². The number of nitrogens with zero attached hydrogens (tertiary/aromatic N) is 1. The van der Waals surface area contributed by atoms with Gasteiger partial charge in [-0.15, -0.1) is 0 Å². The summed E-state index contributed by atoms with van der Waals surface area (Å²) in [5.41, 5.74) is 6.99. The van der Waals surface area contributed by atoms with Crippen LogP contribution in [-0.2, 0) is 0 Å². The molecule has 0 aliphatic carbocycles. The molecule has 0 bridgehead atoms. The van der Waals surface area contributed by atoms with E-state index in [0.717, 1.165) is 11.1 Å². The highest BCUT2D eigenvalue weighted by Crippen LogP contribution is 2.31. The maximum Gasteiger partial charge on any atom is 0.224 e. The van der Waals surface area contributed by atoms with Crippen molar-refractivity contribution < 1.29 is 9.47 Å². The number of rotatable bonds is 4. The molecule has 14 heavy (non-hydrogen) atoms. The van der Waals surface area contributed by atoms with Crippen molar-refractivity contribution in [3.8, 4) is 11.6 Å². The molecule has 0 saturated heterocycles. The number of ether oxygens (including phenoxy) is 2. The lowest BCUT2D eigenvalue weighted by molar-refractivity contribution is 0.380. The third-order valence-corrected chi connectivity index (χ3v) is 1.89. The van der Waals surface area contributed by atoms with Gasteiger partial charge in [-0.2, -0.15) is 0 Å². The van der Waals surface area contributed by atoms with Gasteiger partial charge in [0.25, 0.3) is 0 Å². The van der Waals surface area contributed by atoms with Gasteiger partial charge in [-0.1, -0.05) is 6.58 Å². The molecule has 0 radical (unpaired) electrons. The lowest BCUT2D eigenvalue weighted by Gasteiger charge is -2.12. The van der Waals surface area contributed by atoms with Crippen LogP contribution < -0.4 is 15.2 Å². The highest BCUT2D eigenvalue weighted by atomic mass is 16.5. The number of pyridine rings is 1. The number of methoxy groups -OCH3 is 2. The van der Waals surface area contributed by atoms with E-state index in [1.54, 1.807) is 26.5 Å². The molecule has 0 fully saturated rings. The first-order valence-corrected chi connectivity index (χ1v) is 4.19. The van der Waals surface area contributed by atoms with Crippen molar-refractivity contribution in [3.63, 3.8) is 0 Å². The fraction of sp³-hybridized carbons (Fsp3) is 0.300. The van der Waals surface area contributed by atoms with E-state index in [-0.39, 0.29) is 0 Å². The molecule has 1 aromatic rings. The zero-order valence-corrected chi connectivity index (χ0v) is 8.41. The van der Waals surface area contributed by atoms with Gasteiger partial charge in [0.05, 0.1) is 19.8 Å². The van der Waals surface area contributed by atoms with Crippen LogP contribution in [0.25, 0.3) is 5.57 Å². The summed E-state index contributed by atoms with van der Waals surface area (Å²) >= 11 is 0. The van der Waals surface area contributed by atoms with Crippen LogP contribution in [0.5, 0.6) is 11.6 Å². The highest BCUT2D eigenvalue weighted by molar-refractivity contribution is 5.73. The smallest absolute Gasteiger partial charge is 0.224 e. The number of hydrogen-bond donors (Lipinski definition) is 1. The molecule has 76 valence electrons. The Labute approximate surface area is 83.4 Å². The lowest BCUT2D eigenvalue weighted by atomic mass is 10.1. The van der Waals surface area contributed by atoms with E-state index >= 15 is 0 Å². The fourth-order valence-corrected chi connectivity index (χ4v) is 1.18. The summed E-state index contributed by atoms with van der Waals surface area (Å²) in [6.07, 6.45) is 1.62. The van der Waals surface area contributed by atoms with Crippen molar-refractivity contribution >= 4 is 5.57 Å². The number of nitrogens with two attached hydrogens (primary N) is 1. The lowest BCUT2D eigenvalue weighted by Crippen LogP contribution is -2.05. The van der Waals surface area contributed by atoms with E-state index in [2.05, 4.69) is 11.6 Å². The molecule has 0 amide bonds. The maximum atomic E-state index is 5.51. The molecule has 4 heteroatoms. The first-order chi connectivity index (χ1) is 6.74. The van der Waals surface area contributed by atoms with Gasteiger partial charge in [-0.05, 0) is 11.6 Å². The predicted octanol–water partition coefficient (Wildman–Crippen LogP) is 1.07. The summed E-state index contributed by atoms with van der Waals surface area (Å²) in [7, 11) is 3.14. The second-order valence-corrected chi connectivity index (χ2v) is 2.71. The highest BCUT2D eigenvalue weighted by Gasteiger charge is 2.12. The van der Waals surface area contributed by atoms with Crippen LogP contribution in [0.15, 0.2) is 18.8 Å². The van der Waals surface area contributed by atoms with Gasteiger partial charge in [-0.25, -0.2) is 4.98 Å². The normalized spacial score (nSPS) is 9.64. The van der Waals surface area contributed by atoms with Crippen molar-refractivity contribution in [2.24, 2.45) is 5.73 Å². The molecule has 1 aromatic heterocycles. The second kappa shape index (κ2) is 4.62. The molecule has 0 unspecified atom stereocenters. The van der Waals surface area contributed by atoms with Crippen molar-refractivity contribution in [3.05, 3.63) is 24.4 Å². The van der Waals surface area contributed by atoms with Crippen molar-refractivity contribution in [2.45, 2.75) is 0 Å². The molecule has 4 nitrogen and oxygen atoms in total. The van der Waals surface area contributed by atoms with Crippen molar-refractivity contribution in [2.75, 3.05) is 20.8 Å². The van der Waals surface area contributed by atoms with Crippen LogP contribution >= 0.6 is 0 Å². The molecule has 2 N–H and O–H groups in total. The zero-order chi connectivity index (χ0) is 10.6. The molecule has 0 spiro atoms. The van der Waals surface area contributed by atoms with E-state index in [4.69, 9.17) is 15.2 Å². The SMILES string of the molecule is C=C(CN)c1c(OC)ccnc1OC. The Morgan fingerprint density at radius 1 is 1.50 bits per heavy atom. The summed E-state index contributed by atoms with van der Waals surface area (Å²) in [6.45, 7) is 4.18. The largest absolute Gasteiger partial charge is 0.496 e. The van der Waals surface area contributed by atoms with Crippen molar-refractivity contribution in [1.82, 2.24) is 4.98 Å². The zero-order valence-electron chi connectivity index (χ0n) is 8.41. The predicted molar refractivity (Wildman–Crippen MR) is 55.4 cm³/mol. The Hall–Kier alpha value is -1.55. The molecule has 0 aliphatic heterocycles. The van der Waals surface area contributed by atoms with E-state index in [1.165, 1.54) is 0 Å². The molecular formula is C10H14N2O2. The van der Waals surface area contributed by atoms with Gasteiger partial charge in [0.15, 0.2) is 0 Å². The third kappa shape index (κ3) is 1.85. The Morgan fingerprint density at radius 2 is 2.21 bits per heavy atom. The van der Waals surface area contributed by atoms with Gasteiger partial charge in [0.1, 0.15) is 5.75 Å². The minimum absolute atomic E-state index is 0.346. The average molecular weight is 194 g/mol. The van der Waals surface area contributed by atoms with Crippen LogP contribution in [0.1, 0.15) is 5.56 Å². The Kier molecular flexibility index (Phi) is 3.48. The van der Waals surface area contributed by atoms with E-state index in [0.29, 0.717) is 18.2 Å². The summed E-state index contributed by atoms with van der Waals surface area (Å²) in [6, 6.07) is 1.75. The third-order valence-electron chi connectivity index (χ3n) is 1.89. The summed E-state index contributed by atoms with van der Waals surface area (Å²) < 4.78 is 10.3. The van der Waals surface area contributed by atoms with E-state index in [1.807, 2.05) is 0 Å². The van der Waals surface area contributed by atoms with Gasteiger partial charge in [0, 0.05) is 12.7 Å². The molecular weight excluding hydrogens is 180 g/mol. The summed E-state index contributed by atoms with van der Waals surface area (Å²) in [5, 5.41) is 0. The monoisotopic (exact) mass is 194 g/mol. The van der Waals surface area contributed by atoms with Crippen LogP contribution in [0.3, 0.4) is 0 Å². The van der Waals surface area contributed by atoms with Gasteiger partial charge in [-0.3, -0.25) is 0 Å². The summed E-state index contributed by atoms with van der Waals surface area (Å²) in [4.78, 5) is 4.06. The van der Waals surface area contributed by atoms with Gasteiger partial charge >= 0.3 is 0 Å². The first kappa shape index (κ1) is 10.5. The first-order valence-electron chi connectivity index (χ1n) is 4.19. The molecule has 0 atom stereocenters. The molecule has 1 heterocycles. The minimum Gasteiger partial charge on any atom is -0.496 e. The Morgan fingerprint density at radius 3 is 2.71 bits per heavy atom. The standard InChI is InChI=1S/C10H14N2O2/c1-7(6-11)9-8(13-2)4-5-12-10(9)14-3/h4-5H,1,6,11H2,2-3H3. The molecule has 0 aromatic carbocycles. The average Bonchev–Trinajstić information content (AvgIpc) is 2.26. The Bertz CT molecular complexity index is 315. The molecule has 0 aliphatic rings.